The number of likely N-dealkylation sites (N-methyl/N-ethyl adjacent to an activating group) is 1. The molecule has 20 heavy (non-hydrogen) atoms. The number of carbonyl (C=O) groups is 2. The minimum absolute atomic E-state index is 0.00104. The van der Waals surface area contributed by atoms with E-state index in [1.807, 2.05) is 13.8 Å². The summed E-state index contributed by atoms with van der Waals surface area (Å²) < 4.78 is 13.3. The predicted octanol–water partition coefficient (Wildman–Crippen LogP) is 1.39. The van der Waals surface area contributed by atoms with Crippen LogP contribution < -0.4 is 11.1 Å². The first kappa shape index (κ1) is 15.9. The van der Waals surface area contributed by atoms with E-state index in [2.05, 4.69) is 5.32 Å². The summed E-state index contributed by atoms with van der Waals surface area (Å²) in [6.07, 6.45) is 0. The van der Waals surface area contributed by atoms with Crippen LogP contribution in [0.15, 0.2) is 18.2 Å². The lowest BCUT2D eigenvalue weighted by molar-refractivity contribution is -0.122. The number of nitrogens with two attached hydrogens (primary N) is 1. The van der Waals surface area contributed by atoms with E-state index in [4.69, 9.17) is 5.73 Å². The number of nitrogens with zero attached hydrogens (tertiary/aromatic N) is 1. The average Bonchev–Trinajstić information content (AvgIpc) is 2.33. The third-order valence-electron chi connectivity index (χ3n) is 2.62. The van der Waals surface area contributed by atoms with Crippen molar-refractivity contribution in [1.82, 2.24) is 10.2 Å². The lowest BCUT2D eigenvalue weighted by Gasteiger charge is -2.21. The molecule has 0 saturated carbocycles. The highest BCUT2D eigenvalue weighted by Gasteiger charge is 2.18. The van der Waals surface area contributed by atoms with Crippen LogP contribution in [-0.4, -0.2) is 35.8 Å². The number of anilines is 1. The summed E-state index contributed by atoms with van der Waals surface area (Å²) in [5, 5.41) is 2.71. The Labute approximate surface area is 117 Å². The molecule has 6 heteroatoms. The van der Waals surface area contributed by atoms with Gasteiger partial charge in [-0.3, -0.25) is 9.59 Å². The van der Waals surface area contributed by atoms with Gasteiger partial charge in [0.25, 0.3) is 5.91 Å². The topological polar surface area (TPSA) is 75.4 Å². The van der Waals surface area contributed by atoms with Crippen molar-refractivity contribution in [2.45, 2.75) is 26.8 Å². The van der Waals surface area contributed by atoms with Crippen LogP contribution in [0.2, 0.25) is 0 Å². The predicted molar refractivity (Wildman–Crippen MR) is 75.7 cm³/mol. The summed E-state index contributed by atoms with van der Waals surface area (Å²) in [5.74, 6) is -1.24. The van der Waals surface area contributed by atoms with Crippen molar-refractivity contribution >= 4 is 17.5 Å². The van der Waals surface area contributed by atoms with E-state index in [1.165, 1.54) is 11.0 Å². The number of nitrogens with one attached hydrogen (secondary N) is 1. The molecule has 0 aliphatic heterocycles. The molecule has 5 nitrogen and oxygen atoms in total. The van der Waals surface area contributed by atoms with Crippen molar-refractivity contribution in [2.75, 3.05) is 18.8 Å². The van der Waals surface area contributed by atoms with Crippen LogP contribution >= 0.6 is 0 Å². The molecule has 2 amide bonds. The zero-order valence-electron chi connectivity index (χ0n) is 11.9. The number of amides is 2. The second-order valence-electron chi connectivity index (χ2n) is 4.81. The maximum absolute atomic E-state index is 13.3. The van der Waals surface area contributed by atoms with Gasteiger partial charge < -0.3 is 16.0 Å². The Hall–Kier alpha value is -2.11. The molecular weight excluding hydrogens is 261 g/mol. The summed E-state index contributed by atoms with van der Waals surface area (Å²) in [4.78, 5) is 25.3. The number of halogens is 1. The summed E-state index contributed by atoms with van der Waals surface area (Å²) >= 11 is 0. The first-order chi connectivity index (χ1) is 9.33. The highest BCUT2D eigenvalue weighted by molar-refractivity contribution is 5.97. The molecule has 1 aromatic rings. The molecule has 110 valence electrons. The second kappa shape index (κ2) is 6.88. The number of hydrogen-bond donors (Lipinski definition) is 2. The second-order valence-corrected chi connectivity index (χ2v) is 4.81. The molecule has 0 heterocycles. The molecule has 0 aliphatic carbocycles. The van der Waals surface area contributed by atoms with E-state index in [0.717, 1.165) is 12.1 Å². The first-order valence-corrected chi connectivity index (χ1v) is 6.48. The quantitative estimate of drug-likeness (QED) is 0.801. The molecule has 0 bridgehead atoms. The van der Waals surface area contributed by atoms with E-state index in [0.29, 0.717) is 6.54 Å². The Bertz CT molecular complexity index is 483. The number of hydrogen-bond acceptors (Lipinski definition) is 3. The highest BCUT2D eigenvalue weighted by atomic mass is 19.1. The number of carbonyl (C=O) groups excluding carboxylic acids is 2. The van der Waals surface area contributed by atoms with Crippen molar-refractivity contribution < 1.29 is 14.0 Å². The Balaban J connectivity index is 2.83. The smallest absolute Gasteiger partial charge is 0.254 e. The molecule has 0 radical (unpaired) electrons. The van der Waals surface area contributed by atoms with Crippen LogP contribution in [-0.2, 0) is 4.79 Å². The average molecular weight is 281 g/mol. The van der Waals surface area contributed by atoms with E-state index in [1.54, 1.807) is 6.92 Å². The Morgan fingerprint density at radius 2 is 2.00 bits per heavy atom. The SMILES string of the molecule is CCN(CC(=O)NC(C)C)C(=O)c1cc(N)cc(F)c1. The fraction of sp³-hybridized carbons (Fsp3) is 0.429. The van der Waals surface area contributed by atoms with Gasteiger partial charge in [0.05, 0.1) is 6.54 Å². The molecule has 0 aliphatic rings. The third kappa shape index (κ3) is 4.53. The molecule has 0 atom stereocenters. The van der Waals surface area contributed by atoms with Gasteiger partial charge in [0.2, 0.25) is 5.91 Å². The van der Waals surface area contributed by atoms with Gasteiger partial charge in [-0.15, -0.1) is 0 Å². The minimum atomic E-state index is -0.573. The monoisotopic (exact) mass is 281 g/mol. The molecule has 1 rings (SSSR count). The van der Waals surface area contributed by atoms with Crippen molar-refractivity contribution in [2.24, 2.45) is 0 Å². The van der Waals surface area contributed by atoms with Gasteiger partial charge in [-0.1, -0.05) is 0 Å². The summed E-state index contributed by atoms with van der Waals surface area (Å²) in [7, 11) is 0. The minimum Gasteiger partial charge on any atom is -0.399 e. The Kier molecular flexibility index (Phi) is 5.49. The van der Waals surface area contributed by atoms with E-state index >= 15 is 0 Å². The maximum Gasteiger partial charge on any atom is 0.254 e. The molecule has 1 aromatic carbocycles. The van der Waals surface area contributed by atoms with Gasteiger partial charge in [-0.2, -0.15) is 0 Å². The van der Waals surface area contributed by atoms with Crippen molar-refractivity contribution in [1.29, 1.82) is 0 Å². The van der Waals surface area contributed by atoms with Crippen molar-refractivity contribution in [3.05, 3.63) is 29.6 Å². The van der Waals surface area contributed by atoms with Gasteiger partial charge in [-0.25, -0.2) is 4.39 Å². The Morgan fingerprint density at radius 3 is 2.50 bits per heavy atom. The van der Waals surface area contributed by atoms with Crippen LogP contribution in [0.4, 0.5) is 10.1 Å². The Morgan fingerprint density at radius 1 is 1.35 bits per heavy atom. The third-order valence-corrected chi connectivity index (χ3v) is 2.62. The van der Waals surface area contributed by atoms with Gasteiger partial charge in [0.1, 0.15) is 5.82 Å². The van der Waals surface area contributed by atoms with Crippen molar-refractivity contribution in [3.63, 3.8) is 0 Å². The van der Waals surface area contributed by atoms with E-state index in [9.17, 15) is 14.0 Å². The molecule has 0 unspecified atom stereocenters. The van der Waals surface area contributed by atoms with Crippen LogP contribution in [0, 0.1) is 5.82 Å². The number of benzene rings is 1. The normalized spacial score (nSPS) is 10.4. The molecule has 0 saturated heterocycles. The zero-order chi connectivity index (χ0) is 15.3. The first-order valence-electron chi connectivity index (χ1n) is 6.48. The molecular formula is C14H20FN3O2. The molecule has 0 spiro atoms. The van der Waals surface area contributed by atoms with Crippen LogP contribution in [0.5, 0.6) is 0 Å². The molecule has 3 N–H and O–H groups in total. The van der Waals surface area contributed by atoms with Crippen LogP contribution in [0.25, 0.3) is 0 Å². The summed E-state index contributed by atoms with van der Waals surface area (Å²) in [5.41, 5.74) is 5.83. The fourth-order valence-corrected chi connectivity index (χ4v) is 1.79. The van der Waals surface area contributed by atoms with E-state index in [-0.39, 0.29) is 29.7 Å². The van der Waals surface area contributed by atoms with Crippen molar-refractivity contribution in [3.8, 4) is 0 Å². The molecule has 0 fully saturated rings. The summed E-state index contributed by atoms with van der Waals surface area (Å²) in [6, 6.07) is 3.65. The van der Waals surface area contributed by atoms with Crippen LogP contribution in [0.1, 0.15) is 31.1 Å². The highest BCUT2D eigenvalue weighted by Crippen LogP contribution is 2.13. The number of nitrogen functional groups attached to an aromatic ring is 1. The standard InChI is InChI=1S/C14H20FN3O2/c1-4-18(8-13(19)17-9(2)3)14(20)10-5-11(15)7-12(16)6-10/h5-7,9H,4,8,16H2,1-3H3,(H,17,19). The van der Waals surface area contributed by atoms with Gasteiger partial charge in [0.15, 0.2) is 0 Å². The van der Waals surface area contributed by atoms with E-state index < -0.39 is 11.7 Å². The maximum atomic E-state index is 13.3. The lowest BCUT2D eigenvalue weighted by Crippen LogP contribution is -2.42. The molecule has 0 aromatic heterocycles. The van der Waals surface area contributed by atoms with Gasteiger partial charge >= 0.3 is 0 Å². The zero-order valence-corrected chi connectivity index (χ0v) is 11.9. The fourth-order valence-electron chi connectivity index (χ4n) is 1.79. The largest absolute Gasteiger partial charge is 0.399 e. The van der Waals surface area contributed by atoms with Gasteiger partial charge in [-0.05, 0) is 39.0 Å². The van der Waals surface area contributed by atoms with Crippen LogP contribution in [0.3, 0.4) is 0 Å². The lowest BCUT2D eigenvalue weighted by atomic mass is 10.1. The van der Waals surface area contributed by atoms with Gasteiger partial charge in [0, 0.05) is 23.8 Å². The number of rotatable bonds is 5. The summed E-state index contributed by atoms with van der Waals surface area (Å²) in [6.45, 7) is 5.71.